The number of methoxy groups -OCH3 is 1. The van der Waals surface area contributed by atoms with Crippen LogP contribution in [0.25, 0.3) is 0 Å². The Balaban J connectivity index is 1.75. The molecule has 1 aromatic carbocycles. The first-order valence-electron chi connectivity index (χ1n) is 11.3. The van der Waals surface area contributed by atoms with Crippen molar-refractivity contribution >= 4 is 41.5 Å². The molecule has 3 rings (SSSR count). The first kappa shape index (κ1) is 25.7. The number of hydrogen-bond acceptors (Lipinski definition) is 7. The molecule has 0 radical (unpaired) electrons. The molecule has 2 N–H and O–H groups in total. The summed E-state index contributed by atoms with van der Waals surface area (Å²) >= 11 is 0. The lowest BCUT2D eigenvalue weighted by atomic mass is 10.1. The maximum atomic E-state index is 13.4. The van der Waals surface area contributed by atoms with Gasteiger partial charge in [-0.15, -0.1) is 0 Å². The van der Waals surface area contributed by atoms with Gasteiger partial charge in [-0.2, -0.15) is 0 Å². The zero-order chi connectivity index (χ0) is 25.5. The van der Waals surface area contributed by atoms with Gasteiger partial charge in [-0.1, -0.05) is 6.07 Å². The van der Waals surface area contributed by atoms with Gasteiger partial charge in [0.1, 0.15) is 30.4 Å². The number of rotatable bonds is 9. The zero-order valence-corrected chi connectivity index (χ0v) is 19.7. The molecular formula is C23H29N5O7. The van der Waals surface area contributed by atoms with Crippen molar-refractivity contribution in [3.63, 3.8) is 0 Å². The molecule has 0 spiro atoms. The second-order valence-corrected chi connectivity index (χ2v) is 8.41. The molecule has 5 amide bonds. The van der Waals surface area contributed by atoms with Crippen LogP contribution in [0.15, 0.2) is 24.3 Å². The number of carbonyl (C=O) groups is 6. The standard InChI is InChI=1S/C23H29N5O7/c1-15(30)11-17(14-29)25-22(33)19-7-4-9-27-21(32)8-10-26(23(34)28(19)27)13-20(31)24-16-5-3-6-18(12-16)35-2/h3,5-6,12,14,17,19H,4,7-11,13H2,1-2H3,(H,24,31)(H,25,33)/t17-,19-/m0/s1. The Kier molecular flexibility index (Phi) is 8.39. The Morgan fingerprint density at radius 1 is 1.23 bits per heavy atom. The van der Waals surface area contributed by atoms with Crippen molar-refractivity contribution in [2.24, 2.45) is 0 Å². The number of nitrogens with zero attached hydrogens (tertiary/aromatic N) is 3. The van der Waals surface area contributed by atoms with E-state index >= 15 is 0 Å². The van der Waals surface area contributed by atoms with Gasteiger partial charge >= 0.3 is 6.03 Å². The van der Waals surface area contributed by atoms with Crippen molar-refractivity contribution in [1.82, 2.24) is 20.2 Å². The first-order valence-corrected chi connectivity index (χ1v) is 11.3. The topological polar surface area (TPSA) is 145 Å². The lowest BCUT2D eigenvalue weighted by Gasteiger charge is -2.43. The smallest absolute Gasteiger partial charge is 0.340 e. The summed E-state index contributed by atoms with van der Waals surface area (Å²) in [6.45, 7) is 1.23. The highest BCUT2D eigenvalue weighted by Crippen LogP contribution is 2.24. The molecule has 2 saturated heterocycles. The number of urea groups is 1. The summed E-state index contributed by atoms with van der Waals surface area (Å²) in [5.41, 5.74) is 0.481. The Bertz CT molecular complexity index is 1010. The van der Waals surface area contributed by atoms with Crippen molar-refractivity contribution in [2.75, 3.05) is 32.1 Å². The molecular weight excluding hydrogens is 458 g/mol. The highest BCUT2D eigenvalue weighted by atomic mass is 16.5. The van der Waals surface area contributed by atoms with E-state index in [4.69, 9.17) is 4.74 Å². The fourth-order valence-electron chi connectivity index (χ4n) is 4.10. The van der Waals surface area contributed by atoms with Gasteiger partial charge in [0, 0.05) is 37.7 Å². The molecule has 2 fully saturated rings. The minimum absolute atomic E-state index is 0.00579. The monoisotopic (exact) mass is 487 g/mol. The molecule has 188 valence electrons. The predicted molar refractivity (Wildman–Crippen MR) is 123 cm³/mol. The van der Waals surface area contributed by atoms with Crippen molar-refractivity contribution in [1.29, 1.82) is 0 Å². The van der Waals surface area contributed by atoms with Crippen LogP contribution in [0.5, 0.6) is 5.75 Å². The number of benzene rings is 1. The van der Waals surface area contributed by atoms with Gasteiger partial charge in [0.05, 0.1) is 13.2 Å². The summed E-state index contributed by atoms with van der Waals surface area (Å²) < 4.78 is 5.14. The van der Waals surface area contributed by atoms with Crippen LogP contribution in [0.1, 0.15) is 32.6 Å². The fraction of sp³-hybridized carbons (Fsp3) is 0.478. The third kappa shape index (κ3) is 6.34. The van der Waals surface area contributed by atoms with Crippen LogP contribution < -0.4 is 15.4 Å². The number of anilines is 1. The van der Waals surface area contributed by atoms with Crippen LogP contribution in [0, 0.1) is 0 Å². The van der Waals surface area contributed by atoms with Gasteiger partial charge in [0.25, 0.3) is 0 Å². The van der Waals surface area contributed by atoms with E-state index in [2.05, 4.69) is 10.6 Å². The minimum Gasteiger partial charge on any atom is -0.497 e. The van der Waals surface area contributed by atoms with Crippen LogP contribution >= 0.6 is 0 Å². The number of carbonyl (C=O) groups excluding carboxylic acids is 6. The number of amides is 5. The molecule has 2 heterocycles. The summed E-state index contributed by atoms with van der Waals surface area (Å²) in [6, 6.07) is 3.98. The van der Waals surface area contributed by atoms with E-state index in [9.17, 15) is 28.8 Å². The fourth-order valence-corrected chi connectivity index (χ4v) is 4.10. The number of nitrogens with one attached hydrogen (secondary N) is 2. The van der Waals surface area contributed by atoms with Gasteiger partial charge in [-0.05, 0) is 31.9 Å². The molecule has 12 heteroatoms. The summed E-state index contributed by atoms with van der Waals surface area (Å²) in [6.07, 6.45) is 1.02. The van der Waals surface area contributed by atoms with Crippen molar-refractivity contribution in [2.45, 2.75) is 44.7 Å². The number of aldehydes is 1. The molecule has 0 bridgehead atoms. The molecule has 2 aliphatic heterocycles. The van der Waals surface area contributed by atoms with Crippen molar-refractivity contribution < 1.29 is 33.5 Å². The van der Waals surface area contributed by atoms with Crippen molar-refractivity contribution in [3.8, 4) is 5.75 Å². The number of Topliss-reactive ketones (excluding diaryl/α,β-unsaturated/α-hetero) is 1. The molecule has 0 unspecified atom stereocenters. The summed E-state index contributed by atoms with van der Waals surface area (Å²) in [5, 5.41) is 7.49. The molecule has 35 heavy (non-hydrogen) atoms. The Hall–Kier alpha value is -3.96. The minimum atomic E-state index is -1.06. The molecule has 0 aromatic heterocycles. The number of fused-ring (bicyclic) bond motifs is 1. The molecule has 0 aliphatic carbocycles. The number of ether oxygens (including phenoxy) is 1. The Morgan fingerprint density at radius 2 is 2.00 bits per heavy atom. The van der Waals surface area contributed by atoms with E-state index in [1.807, 2.05) is 0 Å². The van der Waals surface area contributed by atoms with E-state index in [1.54, 1.807) is 24.3 Å². The lowest BCUT2D eigenvalue weighted by Crippen LogP contribution is -2.63. The Labute approximate surface area is 202 Å². The van der Waals surface area contributed by atoms with Crippen LogP contribution in [0.3, 0.4) is 0 Å². The molecule has 1 aromatic rings. The first-order chi connectivity index (χ1) is 16.7. The third-order valence-corrected chi connectivity index (χ3v) is 5.74. The Morgan fingerprint density at radius 3 is 2.69 bits per heavy atom. The van der Waals surface area contributed by atoms with E-state index in [-0.39, 0.29) is 50.6 Å². The van der Waals surface area contributed by atoms with Crippen LogP contribution in [0.4, 0.5) is 10.5 Å². The van der Waals surface area contributed by atoms with Gasteiger partial charge < -0.3 is 25.1 Å². The summed E-state index contributed by atoms with van der Waals surface area (Å²) in [4.78, 5) is 75.7. The average molecular weight is 488 g/mol. The largest absolute Gasteiger partial charge is 0.497 e. The maximum absolute atomic E-state index is 13.4. The van der Waals surface area contributed by atoms with Crippen LogP contribution in [-0.2, 0) is 24.0 Å². The highest BCUT2D eigenvalue weighted by molar-refractivity contribution is 5.97. The van der Waals surface area contributed by atoms with E-state index in [1.165, 1.54) is 23.9 Å². The molecule has 12 nitrogen and oxygen atoms in total. The maximum Gasteiger partial charge on any atom is 0.340 e. The lowest BCUT2D eigenvalue weighted by molar-refractivity contribution is -0.155. The van der Waals surface area contributed by atoms with Gasteiger partial charge in [-0.3, -0.25) is 19.2 Å². The van der Waals surface area contributed by atoms with Gasteiger partial charge in [-0.25, -0.2) is 14.8 Å². The second-order valence-electron chi connectivity index (χ2n) is 8.41. The number of ketones is 1. The zero-order valence-electron chi connectivity index (χ0n) is 19.7. The number of hydrogen-bond donors (Lipinski definition) is 2. The van der Waals surface area contributed by atoms with Gasteiger partial charge in [0.2, 0.25) is 17.7 Å². The van der Waals surface area contributed by atoms with Gasteiger partial charge in [0.15, 0.2) is 0 Å². The second kappa shape index (κ2) is 11.4. The quantitative estimate of drug-likeness (QED) is 0.478. The molecule has 2 atom stereocenters. The SMILES string of the molecule is COc1cccc(NC(=O)CN2CCC(=O)N3CCC[C@@H](C(=O)N[C@H](C=O)CC(C)=O)N3C2=O)c1. The number of hydrazine groups is 1. The average Bonchev–Trinajstić information content (AvgIpc) is 2.95. The summed E-state index contributed by atoms with van der Waals surface area (Å²) in [7, 11) is 1.50. The van der Waals surface area contributed by atoms with E-state index in [0.29, 0.717) is 24.1 Å². The molecule has 2 aliphatic rings. The van der Waals surface area contributed by atoms with Crippen molar-refractivity contribution in [3.05, 3.63) is 24.3 Å². The predicted octanol–water partition coefficient (Wildman–Crippen LogP) is 0.330. The van der Waals surface area contributed by atoms with Crippen LogP contribution in [0.2, 0.25) is 0 Å². The van der Waals surface area contributed by atoms with E-state index in [0.717, 1.165) is 5.01 Å². The van der Waals surface area contributed by atoms with E-state index < -0.39 is 29.9 Å². The molecule has 0 saturated carbocycles. The summed E-state index contributed by atoms with van der Waals surface area (Å²) in [5.74, 6) is -1.19. The third-order valence-electron chi connectivity index (χ3n) is 5.74. The van der Waals surface area contributed by atoms with Crippen LogP contribution in [-0.4, -0.2) is 89.6 Å². The highest BCUT2D eigenvalue weighted by Gasteiger charge is 2.44. The normalized spacial score (nSPS) is 18.8.